The highest BCUT2D eigenvalue weighted by atomic mass is 15.1. The largest absolute Gasteiger partial charge is 0.310 e. The fraction of sp³-hybridized carbons (Fsp3) is 0. The van der Waals surface area contributed by atoms with E-state index in [2.05, 4.69) is 204 Å². The van der Waals surface area contributed by atoms with Gasteiger partial charge in [-0.2, -0.15) is 0 Å². The third-order valence-electron chi connectivity index (χ3n) is 11.7. The molecule has 0 spiro atoms. The Labute approximate surface area is 334 Å². The molecule has 0 N–H and O–H groups in total. The molecule has 58 heavy (non-hydrogen) atoms. The van der Waals surface area contributed by atoms with Gasteiger partial charge >= 0.3 is 0 Å². The fourth-order valence-electron chi connectivity index (χ4n) is 8.91. The third-order valence-corrected chi connectivity index (χ3v) is 11.7. The van der Waals surface area contributed by atoms with Crippen molar-refractivity contribution in [3.63, 3.8) is 0 Å². The lowest BCUT2D eigenvalue weighted by molar-refractivity contribution is 1.29. The molecule has 0 bridgehead atoms. The molecule has 0 unspecified atom stereocenters. The van der Waals surface area contributed by atoms with Crippen LogP contribution in [0.1, 0.15) is 0 Å². The van der Waals surface area contributed by atoms with Crippen LogP contribution in [0, 0.1) is 0 Å². The number of fused-ring (bicyclic) bond motifs is 4. The van der Waals surface area contributed by atoms with Crippen molar-refractivity contribution in [1.29, 1.82) is 0 Å². The van der Waals surface area contributed by atoms with Gasteiger partial charge in [0.05, 0.1) is 16.7 Å². The molecule has 0 aliphatic rings. The zero-order valence-electron chi connectivity index (χ0n) is 31.4. The van der Waals surface area contributed by atoms with Gasteiger partial charge < -0.3 is 9.80 Å². The maximum Gasteiger partial charge on any atom is 0.0751 e. The zero-order chi connectivity index (χ0) is 38.2. The van der Waals surface area contributed by atoms with Gasteiger partial charge in [0.1, 0.15) is 0 Å². The molecule has 0 atom stereocenters. The van der Waals surface area contributed by atoms with Crippen LogP contribution < -0.4 is 9.80 Å². The molecule has 12 rings (SSSR count). The first-order valence-electron chi connectivity index (χ1n) is 19.7. The van der Waals surface area contributed by atoms with E-state index >= 15 is 0 Å². The highest BCUT2D eigenvalue weighted by molar-refractivity contribution is 6.22. The summed E-state index contributed by atoms with van der Waals surface area (Å²) in [5, 5.41) is 14.0. The number of rotatable bonds is 6. The molecule has 0 aliphatic carbocycles. The molecule has 4 heteroatoms. The molecule has 0 fully saturated rings. The van der Waals surface area contributed by atoms with Gasteiger partial charge in [-0.25, -0.2) is 0 Å². The number of pyridine rings is 2. The molecule has 270 valence electrons. The van der Waals surface area contributed by atoms with Gasteiger partial charge in [-0.3, -0.25) is 9.97 Å². The molecular formula is C54H34N4. The lowest BCUT2D eigenvalue weighted by Gasteiger charge is -2.28. The predicted molar refractivity (Wildman–Crippen MR) is 245 cm³/mol. The highest BCUT2D eigenvalue weighted by Gasteiger charge is 2.21. The van der Waals surface area contributed by atoms with Gasteiger partial charge in [0, 0.05) is 62.4 Å². The predicted octanol–water partition coefficient (Wildman–Crippen LogP) is 14.9. The van der Waals surface area contributed by atoms with Crippen LogP contribution in [0.5, 0.6) is 0 Å². The molecule has 0 aliphatic heterocycles. The van der Waals surface area contributed by atoms with Crippen molar-refractivity contribution < 1.29 is 0 Å². The topological polar surface area (TPSA) is 32.3 Å². The number of anilines is 6. The average Bonchev–Trinajstić information content (AvgIpc) is 3.28. The smallest absolute Gasteiger partial charge is 0.0751 e. The molecule has 4 nitrogen and oxygen atoms in total. The number of aromatic nitrogens is 2. The second kappa shape index (κ2) is 12.9. The monoisotopic (exact) mass is 738 g/mol. The standard InChI is InChI=1S/C54H34N4/c1-5-13-39-25-45(21-17-35(39)9-1)57(46-22-18-36-10-2-6-14-40(36)26-46)49-29-43-33-55-51-31-50(32-52-54(51)53(43)44(30-49)34-56-52)58(47-23-19-37-11-3-7-15-41(37)27-47)48-24-20-38-12-4-8-16-42(38)28-48/h1-34H. The van der Waals surface area contributed by atoms with Crippen LogP contribution in [-0.4, -0.2) is 9.97 Å². The van der Waals surface area contributed by atoms with Crippen LogP contribution in [0.2, 0.25) is 0 Å². The molecule has 0 saturated heterocycles. The van der Waals surface area contributed by atoms with Gasteiger partial charge in [-0.15, -0.1) is 0 Å². The summed E-state index contributed by atoms with van der Waals surface area (Å²) in [5.74, 6) is 0. The zero-order valence-corrected chi connectivity index (χ0v) is 31.4. The Morgan fingerprint density at radius 3 is 0.879 bits per heavy atom. The van der Waals surface area contributed by atoms with Gasteiger partial charge in [0.15, 0.2) is 0 Å². The van der Waals surface area contributed by atoms with Crippen molar-refractivity contribution in [2.75, 3.05) is 9.80 Å². The summed E-state index contributed by atoms with van der Waals surface area (Å²) in [5.41, 5.74) is 8.24. The van der Waals surface area contributed by atoms with E-state index in [1.54, 1.807) is 0 Å². The summed E-state index contributed by atoms with van der Waals surface area (Å²) >= 11 is 0. The van der Waals surface area contributed by atoms with Crippen LogP contribution >= 0.6 is 0 Å². The Balaban J connectivity index is 1.04. The van der Waals surface area contributed by atoms with Crippen molar-refractivity contribution in [2.24, 2.45) is 0 Å². The van der Waals surface area contributed by atoms with E-state index in [0.717, 1.165) is 61.3 Å². The van der Waals surface area contributed by atoms with Crippen LogP contribution in [0.3, 0.4) is 0 Å². The fourth-order valence-corrected chi connectivity index (χ4v) is 8.91. The molecule has 2 aromatic heterocycles. The summed E-state index contributed by atoms with van der Waals surface area (Å²) in [6.07, 6.45) is 4.07. The van der Waals surface area contributed by atoms with Crippen molar-refractivity contribution in [3.8, 4) is 0 Å². The number of hydrogen-bond donors (Lipinski definition) is 0. The molecular weight excluding hydrogens is 705 g/mol. The Bertz CT molecular complexity index is 3090. The van der Waals surface area contributed by atoms with E-state index in [1.807, 2.05) is 12.4 Å². The summed E-state index contributed by atoms with van der Waals surface area (Å²) < 4.78 is 0. The molecule has 2 heterocycles. The maximum absolute atomic E-state index is 5.18. The summed E-state index contributed by atoms with van der Waals surface area (Å²) in [6.45, 7) is 0. The Hall–Kier alpha value is -7.82. The molecule has 0 saturated carbocycles. The van der Waals surface area contributed by atoms with E-state index in [1.165, 1.54) is 48.5 Å². The van der Waals surface area contributed by atoms with E-state index in [4.69, 9.17) is 9.97 Å². The quantitative estimate of drug-likeness (QED) is 0.159. The van der Waals surface area contributed by atoms with Crippen molar-refractivity contribution in [1.82, 2.24) is 9.97 Å². The minimum Gasteiger partial charge on any atom is -0.310 e. The summed E-state index contributed by atoms with van der Waals surface area (Å²) in [6, 6.07) is 69.9. The minimum absolute atomic E-state index is 0.915. The van der Waals surface area contributed by atoms with Gasteiger partial charge in [0.2, 0.25) is 0 Å². The normalized spacial score (nSPS) is 11.8. The van der Waals surface area contributed by atoms with E-state index in [-0.39, 0.29) is 0 Å². The first kappa shape index (κ1) is 32.4. The van der Waals surface area contributed by atoms with E-state index in [9.17, 15) is 0 Å². The van der Waals surface area contributed by atoms with Crippen molar-refractivity contribution in [2.45, 2.75) is 0 Å². The molecule has 0 amide bonds. The lowest BCUT2D eigenvalue weighted by Crippen LogP contribution is -2.11. The Morgan fingerprint density at radius 2 is 0.534 bits per heavy atom. The minimum atomic E-state index is 0.915. The van der Waals surface area contributed by atoms with Crippen LogP contribution in [0.15, 0.2) is 207 Å². The highest BCUT2D eigenvalue weighted by Crippen LogP contribution is 2.44. The molecule has 10 aromatic carbocycles. The lowest BCUT2D eigenvalue weighted by atomic mass is 9.98. The first-order valence-corrected chi connectivity index (χ1v) is 19.7. The second-order valence-electron chi connectivity index (χ2n) is 15.2. The van der Waals surface area contributed by atoms with E-state index in [0.29, 0.717) is 0 Å². The average molecular weight is 739 g/mol. The van der Waals surface area contributed by atoms with Gasteiger partial charge in [-0.05, 0) is 116 Å². The van der Waals surface area contributed by atoms with Crippen LogP contribution in [0.4, 0.5) is 34.1 Å². The molecule has 0 radical (unpaired) electrons. The number of benzene rings is 10. The van der Waals surface area contributed by atoms with Crippen molar-refractivity contribution >= 4 is 110 Å². The van der Waals surface area contributed by atoms with Gasteiger partial charge in [0.25, 0.3) is 0 Å². The van der Waals surface area contributed by atoms with Gasteiger partial charge in [-0.1, -0.05) is 121 Å². The Kier molecular flexibility index (Phi) is 7.20. The van der Waals surface area contributed by atoms with E-state index < -0.39 is 0 Å². The van der Waals surface area contributed by atoms with Crippen molar-refractivity contribution in [3.05, 3.63) is 207 Å². The third kappa shape index (κ3) is 5.31. The maximum atomic E-state index is 5.18. The number of nitrogens with zero attached hydrogens (tertiary/aromatic N) is 4. The van der Waals surface area contributed by atoms with Crippen LogP contribution in [-0.2, 0) is 0 Å². The first-order chi connectivity index (χ1) is 28.7. The van der Waals surface area contributed by atoms with Crippen LogP contribution in [0.25, 0.3) is 75.7 Å². The SMILES string of the molecule is c1ccc2cc(N(c3ccc4ccccc4c3)c3cc4cnc5cc(N(c6ccc7ccccc7c6)c6ccc7ccccc7c6)cc6ncc(c3)c4c56)ccc2c1. The number of hydrogen-bond acceptors (Lipinski definition) is 4. The second-order valence-corrected chi connectivity index (χ2v) is 15.2. The summed E-state index contributed by atoms with van der Waals surface area (Å²) in [4.78, 5) is 15.1. The Morgan fingerprint density at radius 1 is 0.241 bits per heavy atom. The summed E-state index contributed by atoms with van der Waals surface area (Å²) in [7, 11) is 0. The molecule has 12 aromatic rings.